The molecule has 1 fully saturated rings. The number of amides is 3. The molecule has 2 N–H and O–H groups in total. The Labute approximate surface area is 122 Å². The Bertz CT molecular complexity index is 686. The van der Waals surface area contributed by atoms with Crippen LogP contribution in [0.4, 0.5) is 10.5 Å². The van der Waals surface area contributed by atoms with Crippen molar-refractivity contribution < 1.29 is 18.0 Å². The molecule has 0 aliphatic carbocycles. The molecule has 2 rings (SSSR count). The standard InChI is InChI=1S/C12H16N4O4S/c1-15(2)21(19,20)14-9-6-4-5-8(7-9)10-11(17)16(3)12(18)13-10/h4-7,10,14H,1-3H3,(H,13,18). The molecule has 1 aliphatic heterocycles. The number of nitrogens with zero attached hydrogens (tertiary/aromatic N) is 2. The second-order valence-corrected chi connectivity index (χ2v) is 6.68. The number of benzene rings is 1. The highest BCUT2D eigenvalue weighted by Crippen LogP contribution is 2.23. The minimum atomic E-state index is -3.63. The van der Waals surface area contributed by atoms with Gasteiger partial charge in [-0.3, -0.25) is 14.4 Å². The van der Waals surface area contributed by atoms with Crippen molar-refractivity contribution in [2.45, 2.75) is 6.04 Å². The summed E-state index contributed by atoms with van der Waals surface area (Å²) in [5, 5.41) is 2.53. The molecule has 1 aromatic rings. The van der Waals surface area contributed by atoms with Gasteiger partial charge in [0.15, 0.2) is 0 Å². The number of rotatable bonds is 4. The Balaban J connectivity index is 2.27. The largest absolute Gasteiger partial charge is 0.324 e. The number of anilines is 1. The van der Waals surface area contributed by atoms with Gasteiger partial charge in [0.2, 0.25) is 0 Å². The summed E-state index contributed by atoms with van der Waals surface area (Å²) in [5.74, 6) is -0.382. The highest BCUT2D eigenvalue weighted by atomic mass is 32.2. The lowest BCUT2D eigenvalue weighted by Crippen LogP contribution is -2.29. The van der Waals surface area contributed by atoms with E-state index in [2.05, 4.69) is 10.0 Å². The van der Waals surface area contributed by atoms with E-state index in [0.29, 0.717) is 11.3 Å². The molecular formula is C12H16N4O4S. The Hall–Kier alpha value is -2.13. The summed E-state index contributed by atoms with van der Waals surface area (Å²) in [6.45, 7) is 0. The summed E-state index contributed by atoms with van der Waals surface area (Å²) in [5.41, 5.74) is 0.828. The van der Waals surface area contributed by atoms with Crippen molar-refractivity contribution in [2.75, 3.05) is 25.9 Å². The van der Waals surface area contributed by atoms with Gasteiger partial charge in [0.25, 0.3) is 5.91 Å². The zero-order valence-corrected chi connectivity index (χ0v) is 12.6. The van der Waals surface area contributed by atoms with E-state index in [4.69, 9.17) is 0 Å². The van der Waals surface area contributed by atoms with Gasteiger partial charge in [-0.15, -0.1) is 0 Å². The van der Waals surface area contributed by atoms with Crippen molar-refractivity contribution in [3.8, 4) is 0 Å². The van der Waals surface area contributed by atoms with E-state index in [1.807, 2.05) is 0 Å². The van der Waals surface area contributed by atoms with Crippen LogP contribution < -0.4 is 10.0 Å². The van der Waals surface area contributed by atoms with Gasteiger partial charge in [-0.1, -0.05) is 12.1 Å². The summed E-state index contributed by atoms with van der Waals surface area (Å²) < 4.78 is 27.0. The van der Waals surface area contributed by atoms with Crippen molar-refractivity contribution in [2.24, 2.45) is 0 Å². The minimum Gasteiger partial charge on any atom is -0.322 e. The fourth-order valence-corrected chi connectivity index (χ4v) is 2.43. The maximum Gasteiger partial charge on any atom is 0.324 e. The quantitative estimate of drug-likeness (QED) is 0.772. The SMILES string of the molecule is CN1C(=O)NC(c2cccc(NS(=O)(=O)N(C)C)c2)C1=O. The lowest BCUT2D eigenvalue weighted by Gasteiger charge is -2.15. The van der Waals surface area contributed by atoms with Gasteiger partial charge < -0.3 is 5.32 Å². The minimum absolute atomic E-state index is 0.317. The van der Waals surface area contributed by atoms with Gasteiger partial charge in [-0.2, -0.15) is 12.7 Å². The Kier molecular flexibility index (Phi) is 3.88. The zero-order chi connectivity index (χ0) is 15.8. The molecule has 0 radical (unpaired) electrons. The van der Waals surface area contributed by atoms with Crippen molar-refractivity contribution in [3.05, 3.63) is 29.8 Å². The molecule has 21 heavy (non-hydrogen) atoms. The van der Waals surface area contributed by atoms with Crippen molar-refractivity contribution in [3.63, 3.8) is 0 Å². The van der Waals surface area contributed by atoms with Gasteiger partial charge in [0, 0.05) is 21.1 Å². The predicted molar refractivity (Wildman–Crippen MR) is 76.7 cm³/mol. The predicted octanol–water partition coefficient (Wildman–Crippen LogP) is 0.128. The molecule has 1 saturated heterocycles. The van der Waals surface area contributed by atoms with E-state index in [1.165, 1.54) is 27.2 Å². The monoisotopic (exact) mass is 312 g/mol. The molecule has 0 spiro atoms. The average Bonchev–Trinajstić information content (AvgIpc) is 2.66. The molecule has 0 saturated carbocycles. The summed E-state index contributed by atoms with van der Waals surface area (Å²) in [4.78, 5) is 24.4. The first-order chi connectivity index (χ1) is 9.72. The van der Waals surface area contributed by atoms with Crippen LogP contribution >= 0.6 is 0 Å². The van der Waals surface area contributed by atoms with Gasteiger partial charge in [-0.05, 0) is 17.7 Å². The molecule has 3 amide bonds. The van der Waals surface area contributed by atoms with E-state index in [0.717, 1.165) is 9.21 Å². The van der Waals surface area contributed by atoms with Crippen molar-refractivity contribution in [1.29, 1.82) is 0 Å². The van der Waals surface area contributed by atoms with Crippen LogP contribution in [-0.4, -0.2) is 50.7 Å². The molecule has 8 nitrogen and oxygen atoms in total. The molecule has 9 heteroatoms. The van der Waals surface area contributed by atoms with Crippen LogP contribution in [0.1, 0.15) is 11.6 Å². The van der Waals surface area contributed by atoms with E-state index in [1.54, 1.807) is 18.2 Å². The summed E-state index contributed by atoms with van der Waals surface area (Å²) >= 11 is 0. The molecule has 0 bridgehead atoms. The summed E-state index contributed by atoms with van der Waals surface area (Å²) in [7, 11) is 0.568. The van der Waals surface area contributed by atoms with Gasteiger partial charge in [-0.25, -0.2) is 4.79 Å². The smallest absolute Gasteiger partial charge is 0.322 e. The highest BCUT2D eigenvalue weighted by molar-refractivity contribution is 7.90. The van der Waals surface area contributed by atoms with Crippen LogP contribution in [0.5, 0.6) is 0 Å². The Morgan fingerprint density at radius 3 is 2.48 bits per heavy atom. The van der Waals surface area contributed by atoms with Crippen LogP contribution in [0.15, 0.2) is 24.3 Å². The third-order valence-electron chi connectivity index (χ3n) is 3.10. The number of imide groups is 1. The zero-order valence-electron chi connectivity index (χ0n) is 11.8. The van der Waals surface area contributed by atoms with Crippen LogP contribution in [0, 0.1) is 0 Å². The van der Waals surface area contributed by atoms with Crippen LogP contribution in [0.25, 0.3) is 0 Å². The van der Waals surface area contributed by atoms with E-state index >= 15 is 0 Å². The number of likely N-dealkylation sites (N-methyl/N-ethyl adjacent to an activating group) is 1. The van der Waals surface area contributed by atoms with Crippen molar-refractivity contribution in [1.82, 2.24) is 14.5 Å². The Morgan fingerprint density at radius 2 is 1.95 bits per heavy atom. The third kappa shape index (κ3) is 2.98. The maximum atomic E-state index is 11.9. The van der Waals surface area contributed by atoms with Crippen LogP contribution in [-0.2, 0) is 15.0 Å². The normalized spacial score (nSPS) is 19.0. The lowest BCUT2D eigenvalue weighted by atomic mass is 10.1. The second-order valence-electron chi connectivity index (χ2n) is 4.79. The Morgan fingerprint density at radius 1 is 1.29 bits per heavy atom. The number of urea groups is 1. The van der Waals surface area contributed by atoms with Gasteiger partial charge in [0.1, 0.15) is 6.04 Å². The molecule has 1 heterocycles. The molecule has 1 unspecified atom stereocenters. The lowest BCUT2D eigenvalue weighted by molar-refractivity contribution is -0.126. The molecule has 0 aromatic heterocycles. The third-order valence-corrected chi connectivity index (χ3v) is 4.55. The molecular weight excluding hydrogens is 296 g/mol. The highest BCUT2D eigenvalue weighted by Gasteiger charge is 2.36. The second kappa shape index (κ2) is 5.34. The molecule has 114 valence electrons. The van der Waals surface area contributed by atoms with Crippen LogP contribution in [0.3, 0.4) is 0 Å². The number of hydrogen-bond acceptors (Lipinski definition) is 4. The average molecular weight is 312 g/mol. The van der Waals surface area contributed by atoms with E-state index < -0.39 is 22.3 Å². The first kappa shape index (κ1) is 15.3. The first-order valence-electron chi connectivity index (χ1n) is 6.10. The first-order valence-corrected chi connectivity index (χ1v) is 7.54. The number of carbonyl (C=O) groups is 2. The van der Waals surface area contributed by atoms with Gasteiger partial charge >= 0.3 is 16.2 Å². The molecule has 1 atom stereocenters. The number of carbonyl (C=O) groups excluding carboxylic acids is 2. The van der Waals surface area contributed by atoms with Crippen molar-refractivity contribution >= 4 is 27.8 Å². The topological polar surface area (TPSA) is 98.8 Å². The van der Waals surface area contributed by atoms with Gasteiger partial charge in [0.05, 0.1) is 5.69 Å². The number of nitrogens with one attached hydrogen (secondary N) is 2. The maximum absolute atomic E-state index is 11.9. The number of hydrogen-bond donors (Lipinski definition) is 2. The fraction of sp³-hybridized carbons (Fsp3) is 0.333. The van der Waals surface area contributed by atoms with E-state index in [9.17, 15) is 18.0 Å². The summed E-state index contributed by atoms with van der Waals surface area (Å²) in [6.07, 6.45) is 0. The van der Waals surface area contributed by atoms with E-state index in [-0.39, 0.29) is 5.91 Å². The van der Waals surface area contributed by atoms with Crippen LogP contribution in [0.2, 0.25) is 0 Å². The summed E-state index contributed by atoms with van der Waals surface area (Å²) in [6, 6.07) is 5.06. The molecule has 1 aromatic carbocycles. The molecule has 1 aliphatic rings. The fourth-order valence-electron chi connectivity index (χ4n) is 1.82.